The summed E-state index contributed by atoms with van der Waals surface area (Å²) in [6.07, 6.45) is 1.31. The summed E-state index contributed by atoms with van der Waals surface area (Å²) in [5.41, 5.74) is 1.58. The first kappa shape index (κ1) is 33.2. The SMILES string of the molecule is COc1ccccc1N(CCN1CCC(C(=O)c2ccc(F)cc2)CC1)S(=O)(=O)c1ccc(CO)cc1.O=C(O)C(=O)O. The van der Waals surface area contributed by atoms with Crippen molar-refractivity contribution in [1.29, 1.82) is 0 Å². The van der Waals surface area contributed by atoms with Gasteiger partial charge in [0, 0.05) is 24.6 Å². The molecule has 1 fully saturated rings. The Bertz CT molecular complexity index is 1490. The molecule has 0 unspecified atom stereocenters. The van der Waals surface area contributed by atoms with Gasteiger partial charge in [-0.05, 0) is 80.0 Å². The molecule has 13 heteroatoms. The van der Waals surface area contributed by atoms with Crippen LogP contribution in [-0.2, 0) is 26.2 Å². The van der Waals surface area contributed by atoms with Gasteiger partial charge in [0.2, 0.25) is 0 Å². The highest BCUT2D eigenvalue weighted by Crippen LogP contribution is 2.32. The number of piperidine rings is 1. The number of rotatable bonds is 10. The number of nitrogens with zero attached hydrogens (tertiary/aromatic N) is 2. The molecule has 4 rings (SSSR count). The maximum absolute atomic E-state index is 13.7. The van der Waals surface area contributed by atoms with Crippen molar-refractivity contribution >= 4 is 33.4 Å². The lowest BCUT2D eigenvalue weighted by atomic mass is 9.89. The van der Waals surface area contributed by atoms with Crippen LogP contribution in [0.2, 0.25) is 0 Å². The third-order valence-corrected chi connectivity index (χ3v) is 8.76. The summed E-state index contributed by atoms with van der Waals surface area (Å²) in [7, 11) is -2.41. The zero-order valence-corrected chi connectivity index (χ0v) is 24.2. The number of carbonyl (C=O) groups excluding carboxylic acids is 1. The number of para-hydroxylation sites is 2. The Balaban J connectivity index is 0.000000765. The second-order valence-corrected chi connectivity index (χ2v) is 11.5. The lowest BCUT2D eigenvalue weighted by Gasteiger charge is -2.33. The summed E-state index contributed by atoms with van der Waals surface area (Å²) >= 11 is 0. The molecular formula is C30H33FN2O9S. The number of ketones is 1. The summed E-state index contributed by atoms with van der Waals surface area (Å²) < 4.78 is 47.5. The molecule has 0 radical (unpaired) electrons. The van der Waals surface area contributed by atoms with Crippen LogP contribution >= 0.6 is 0 Å². The van der Waals surface area contributed by atoms with Crippen LogP contribution in [0.15, 0.2) is 77.7 Å². The van der Waals surface area contributed by atoms with Crippen LogP contribution in [0.1, 0.15) is 28.8 Å². The molecule has 11 nitrogen and oxygen atoms in total. The van der Waals surface area contributed by atoms with Crippen molar-refractivity contribution in [3.63, 3.8) is 0 Å². The summed E-state index contributed by atoms with van der Waals surface area (Å²) in [6.45, 7) is 1.81. The van der Waals surface area contributed by atoms with E-state index in [4.69, 9.17) is 24.5 Å². The molecule has 0 spiro atoms. The molecule has 0 amide bonds. The van der Waals surface area contributed by atoms with Crippen LogP contribution in [0.25, 0.3) is 0 Å². The third-order valence-electron chi connectivity index (χ3n) is 6.94. The highest BCUT2D eigenvalue weighted by molar-refractivity contribution is 7.92. The van der Waals surface area contributed by atoms with Crippen LogP contribution in [0, 0.1) is 11.7 Å². The summed E-state index contributed by atoms with van der Waals surface area (Å²) in [6, 6.07) is 18.8. The number of methoxy groups -OCH3 is 1. The molecule has 43 heavy (non-hydrogen) atoms. The number of likely N-dealkylation sites (tertiary alicyclic amines) is 1. The predicted octanol–water partition coefficient (Wildman–Crippen LogP) is 3.27. The Morgan fingerprint density at radius 1 is 0.930 bits per heavy atom. The first-order valence-corrected chi connectivity index (χ1v) is 14.8. The number of hydrogen-bond donors (Lipinski definition) is 3. The molecule has 0 bridgehead atoms. The number of hydrogen-bond acceptors (Lipinski definition) is 8. The molecule has 1 aliphatic rings. The Morgan fingerprint density at radius 3 is 2.05 bits per heavy atom. The second-order valence-electron chi connectivity index (χ2n) is 9.65. The average Bonchev–Trinajstić information content (AvgIpc) is 3.02. The van der Waals surface area contributed by atoms with E-state index in [1.165, 1.54) is 47.8 Å². The summed E-state index contributed by atoms with van der Waals surface area (Å²) in [5.74, 6) is -3.69. The van der Waals surface area contributed by atoms with Crippen molar-refractivity contribution in [2.75, 3.05) is 37.6 Å². The van der Waals surface area contributed by atoms with Crippen molar-refractivity contribution < 1.29 is 47.2 Å². The zero-order chi connectivity index (χ0) is 31.6. The number of Topliss-reactive ketones (excluding diaryl/α,β-unsaturated/α-hetero) is 1. The van der Waals surface area contributed by atoms with Crippen molar-refractivity contribution in [2.24, 2.45) is 5.92 Å². The van der Waals surface area contributed by atoms with Gasteiger partial charge < -0.3 is 25.0 Å². The standard InChI is InChI=1S/C28H31FN2O5S.C2H2O4/c1-36-27-5-3-2-4-26(27)31(37(34,35)25-12-6-21(20-32)7-13-25)19-18-30-16-14-23(15-17-30)28(33)22-8-10-24(29)11-9-22;3-1(4)2(5)6/h2-13,23,32H,14-20H2,1H3;(H,3,4)(H,5,6). The number of sulfonamides is 1. The Hall–Kier alpha value is -4.33. The normalized spacial score (nSPS) is 13.8. The van der Waals surface area contributed by atoms with Crippen LogP contribution in [0.3, 0.4) is 0 Å². The predicted molar refractivity (Wildman–Crippen MR) is 155 cm³/mol. The van der Waals surface area contributed by atoms with E-state index in [1.807, 2.05) is 0 Å². The summed E-state index contributed by atoms with van der Waals surface area (Å²) in [5, 5.41) is 24.1. The molecule has 3 aromatic carbocycles. The van der Waals surface area contributed by atoms with Crippen molar-refractivity contribution in [3.05, 3.63) is 89.7 Å². The van der Waals surface area contributed by atoms with Crippen LogP contribution in [-0.4, -0.2) is 79.6 Å². The monoisotopic (exact) mass is 616 g/mol. The largest absolute Gasteiger partial charge is 0.495 e. The van der Waals surface area contributed by atoms with E-state index in [9.17, 15) is 22.7 Å². The number of halogens is 1. The molecule has 3 aromatic rings. The maximum Gasteiger partial charge on any atom is 0.414 e. The van der Waals surface area contributed by atoms with Crippen molar-refractivity contribution in [2.45, 2.75) is 24.3 Å². The molecule has 0 aliphatic carbocycles. The molecule has 230 valence electrons. The van der Waals surface area contributed by atoms with E-state index in [0.717, 1.165) is 0 Å². The number of anilines is 1. The van der Waals surface area contributed by atoms with Gasteiger partial charge in [0.15, 0.2) is 5.78 Å². The fraction of sp³-hybridized carbons (Fsp3) is 0.300. The third kappa shape index (κ3) is 8.83. The second kappa shape index (κ2) is 15.2. The molecule has 3 N–H and O–H groups in total. The van der Waals surface area contributed by atoms with Crippen molar-refractivity contribution in [1.82, 2.24) is 4.90 Å². The Labute approximate surface area is 248 Å². The van der Waals surface area contributed by atoms with Gasteiger partial charge in [-0.15, -0.1) is 0 Å². The highest BCUT2D eigenvalue weighted by Gasteiger charge is 2.30. The number of carbonyl (C=O) groups is 3. The van der Waals surface area contributed by atoms with Gasteiger partial charge in [-0.1, -0.05) is 24.3 Å². The molecule has 1 saturated heterocycles. The van der Waals surface area contributed by atoms with Gasteiger partial charge in [0.25, 0.3) is 10.0 Å². The number of carboxylic acids is 2. The minimum atomic E-state index is -3.92. The first-order valence-electron chi connectivity index (χ1n) is 13.3. The minimum absolute atomic E-state index is 0.0178. The quantitative estimate of drug-likeness (QED) is 0.228. The van der Waals surface area contributed by atoms with E-state index in [2.05, 4.69) is 4.90 Å². The van der Waals surface area contributed by atoms with E-state index in [1.54, 1.807) is 36.4 Å². The topological polar surface area (TPSA) is 162 Å². The maximum atomic E-state index is 13.7. The number of carboxylic acid groups (broad SMARTS) is 2. The van der Waals surface area contributed by atoms with Gasteiger partial charge in [0.1, 0.15) is 11.6 Å². The number of benzene rings is 3. The van der Waals surface area contributed by atoms with Gasteiger partial charge >= 0.3 is 11.9 Å². The van der Waals surface area contributed by atoms with Gasteiger partial charge in [0.05, 0.1) is 24.3 Å². The fourth-order valence-electron chi connectivity index (χ4n) is 4.60. The van der Waals surface area contributed by atoms with Gasteiger partial charge in [-0.3, -0.25) is 9.10 Å². The highest BCUT2D eigenvalue weighted by atomic mass is 32.2. The smallest absolute Gasteiger partial charge is 0.414 e. The molecule has 1 heterocycles. The molecule has 0 atom stereocenters. The first-order chi connectivity index (χ1) is 20.5. The number of ether oxygens (including phenoxy) is 1. The lowest BCUT2D eigenvalue weighted by molar-refractivity contribution is -0.159. The van der Waals surface area contributed by atoms with E-state index < -0.39 is 22.0 Å². The number of aliphatic hydroxyl groups excluding tert-OH is 1. The lowest BCUT2D eigenvalue weighted by Crippen LogP contribution is -2.43. The average molecular weight is 617 g/mol. The molecule has 0 aromatic heterocycles. The van der Waals surface area contributed by atoms with Gasteiger partial charge in [-0.2, -0.15) is 0 Å². The van der Waals surface area contributed by atoms with Gasteiger partial charge in [-0.25, -0.2) is 22.4 Å². The Kier molecular flexibility index (Phi) is 11.8. The Morgan fingerprint density at radius 2 is 1.51 bits per heavy atom. The fourth-order valence-corrected chi connectivity index (χ4v) is 6.07. The van der Waals surface area contributed by atoms with Crippen LogP contribution < -0.4 is 9.04 Å². The number of aliphatic hydroxyl groups is 1. The van der Waals surface area contributed by atoms with E-state index in [-0.39, 0.29) is 35.6 Å². The molecule has 1 aliphatic heterocycles. The van der Waals surface area contributed by atoms with E-state index in [0.29, 0.717) is 55.0 Å². The van der Waals surface area contributed by atoms with Crippen LogP contribution in [0.5, 0.6) is 5.75 Å². The zero-order valence-electron chi connectivity index (χ0n) is 23.4. The molecular weight excluding hydrogens is 583 g/mol. The van der Waals surface area contributed by atoms with Crippen molar-refractivity contribution in [3.8, 4) is 5.75 Å². The van der Waals surface area contributed by atoms with E-state index >= 15 is 0 Å². The summed E-state index contributed by atoms with van der Waals surface area (Å²) in [4.78, 5) is 33.3. The number of aliphatic carboxylic acids is 2. The van der Waals surface area contributed by atoms with Crippen LogP contribution in [0.4, 0.5) is 10.1 Å². The minimum Gasteiger partial charge on any atom is -0.495 e. The molecule has 0 saturated carbocycles.